The first-order valence-corrected chi connectivity index (χ1v) is 28.2. The molecule has 0 amide bonds. The number of hydrogen-bond donors (Lipinski definition) is 0. The summed E-state index contributed by atoms with van der Waals surface area (Å²) in [5.41, 5.74) is 15.4. The fourth-order valence-electron chi connectivity index (χ4n) is 10.4. The molecular formula is C63H51BFIrN3O3Si-2. The van der Waals surface area contributed by atoms with Gasteiger partial charge in [0.1, 0.15) is 28.6 Å². The average molecular weight is 1150 g/mol. The summed E-state index contributed by atoms with van der Waals surface area (Å²) in [4.78, 5) is 9.79. The molecule has 2 aliphatic heterocycles. The summed E-state index contributed by atoms with van der Waals surface area (Å²) in [5.74, 6) is 4.37. The minimum Gasteiger partial charge on any atom is -0.501 e. The van der Waals surface area contributed by atoms with Crippen molar-refractivity contribution in [1.29, 1.82) is 0 Å². The Balaban J connectivity index is 0.000000272. The summed E-state index contributed by atoms with van der Waals surface area (Å²) in [7, 11) is -1.30. The largest absolute Gasteiger partial charge is 0.501 e. The Labute approximate surface area is 440 Å². The Kier molecular flexibility index (Phi) is 12.4. The molecule has 0 N–H and O–H groups in total. The van der Waals surface area contributed by atoms with Crippen LogP contribution in [-0.2, 0) is 20.1 Å². The summed E-state index contributed by atoms with van der Waals surface area (Å²) in [5, 5.41) is 3.31. The minimum atomic E-state index is -1.30. The van der Waals surface area contributed by atoms with Crippen molar-refractivity contribution in [3.05, 3.63) is 199 Å². The normalized spacial score (nSPS) is 12.4. The van der Waals surface area contributed by atoms with Gasteiger partial charge in [0.2, 0.25) is 0 Å². The maximum Gasteiger partial charge on any atom is 0.260 e. The average Bonchev–Trinajstić information content (AvgIpc) is 3.96. The Morgan fingerprint density at radius 1 is 0.644 bits per heavy atom. The van der Waals surface area contributed by atoms with Crippen molar-refractivity contribution >= 4 is 69.3 Å². The molecule has 0 fully saturated rings. The number of fused-ring (bicyclic) bond motifs is 8. The van der Waals surface area contributed by atoms with Crippen LogP contribution in [0.5, 0.6) is 23.0 Å². The number of rotatable bonds is 7. The van der Waals surface area contributed by atoms with E-state index in [4.69, 9.17) is 18.9 Å². The first-order chi connectivity index (χ1) is 34.9. The molecule has 0 saturated heterocycles. The van der Waals surface area contributed by atoms with Gasteiger partial charge in [-0.2, -0.15) is 0 Å². The summed E-state index contributed by atoms with van der Waals surface area (Å²) in [6.07, 6.45) is 1.93. The topological polar surface area (TPSA) is 62.3 Å². The van der Waals surface area contributed by atoms with Gasteiger partial charge in [-0.3, -0.25) is 9.37 Å². The van der Waals surface area contributed by atoms with E-state index < -0.39 is 8.07 Å². The molecule has 0 saturated carbocycles. The molecule has 5 heterocycles. The number of pyridine rings is 1. The molecule has 0 atom stereocenters. The van der Waals surface area contributed by atoms with Gasteiger partial charge in [-0.15, -0.1) is 48.0 Å². The molecule has 6 nitrogen and oxygen atoms in total. The molecule has 0 bridgehead atoms. The van der Waals surface area contributed by atoms with E-state index >= 15 is 0 Å². The SMILES string of the molecule is CC(C)c1cc(-c2ccccc2)cc(C(C)C)c1-n1c(-c2[c-]ccc3c2oc2cc4c(cc23)Oc2cccc3c2B4c2ccccc2O3)nc2ccccc21.C[Si](C)(C)c1ccc(-c2[c-]cc(F)cc2)nc1.[Ir]. The van der Waals surface area contributed by atoms with Crippen molar-refractivity contribution in [2.24, 2.45) is 0 Å². The van der Waals surface area contributed by atoms with E-state index in [1.54, 1.807) is 6.07 Å². The second-order valence-corrected chi connectivity index (χ2v) is 25.5. The molecule has 0 unspecified atom stereocenters. The van der Waals surface area contributed by atoms with E-state index in [-0.39, 0.29) is 44.5 Å². The van der Waals surface area contributed by atoms with Crippen LogP contribution in [-0.4, -0.2) is 29.3 Å². The molecule has 0 spiro atoms. The van der Waals surface area contributed by atoms with Crippen LogP contribution in [0, 0.1) is 17.9 Å². The van der Waals surface area contributed by atoms with Crippen molar-refractivity contribution in [3.63, 3.8) is 0 Å². The zero-order chi connectivity index (χ0) is 49.4. The summed E-state index contributed by atoms with van der Waals surface area (Å²) < 4.78 is 35.1. The predicted octanol–water partition coefficient (Wildman–Crippen LogP) is 14.3. The standard InChI is InChI=1S/C49H36BN2O3.C14H15FNSi.Ir/c1-28(2)34-24-31(30-14-6-5-7-15-30)25-35(29(3)4)47(34)52-40-20-10-9-19-39(40)51-49(52)33-17-12-16-32-36-26-45-38(27-44(36)55-48(32)33)50-37-18-8-11-21-41(37)53-42-22-13-23-43(54-45)46(42)50;1-17(2,3)13-8-9-14(16-10-13)11-4-6-12(15)7-5-11;/h5-16,18-29H,1-4H3;4,6-10H,1-3H3;/q2*-1;. The number of imidazole rings is 1. The van der Waals surface area contributed by atoms with Gasteiger partial charge < -0.3 is 23.4 Å². The number of ether oxygens (including phenoxy) is 2. The Hall–Kier alpha value is -7.36. The fraction of sp³-hybridized carbons (Fsp3) is 0.143. The van der Waals surface area contributed by atoms with E-state index in [9.17, 15) is 4.39 Å². The van der Waals surface area contributed by atoms with Crippen molar-refractivity contribution in [2.75, 3.05) is 0 Å². The van der Waals surface area contributed by atoms with Gasteiger partial charge in [-0.05, 0) is 110 Å². The van der Waals surface area contributed by atoms with Crippen molar-refractivity contribution in [1.82, 2.24) is 14.5 Å². The number of hydrogen-bond acceptors (Lipinski definition) is 5. The first-order valence-electron chi connectivity index (χ1n) is 24.7. The van der Waals surface area contributed by atoms with Crippen molar-refractivity contribution in [3.8, 4) is 62.5 Å². The molecule has 13 rings (SSSR count). The van der Waals surface area contributed by atoms with Crippen molar-refractivity contribution < 1.29 is 38.4 Å². The summed E-state index contributed by atoms with van der Waals surface area (Å²) in [6.45, 7) is 15.9. The van der Waals surface area contributed by atoms with E-state index in [1.807, 2.05) is 48.7 Å². The van der Waals surface area contributed by atoms with E-state index in [1.165, 1.54) is 45.3 Å². The van der Waals surface area contributed by atoms with Gasteiger partial charge in [0.15, 0.2) is 0 Å². The van der Waals surface area contributed by atoms with Crippen LogP contribution in [0.4, 0.5) is 4.39 Å². The third kappa shape index (κ3) is 8.51. The van der Waals surface area contributed by atoms with Crippen LogP contribution in [0.25, 0.3) is 72.4 Å². The molecule has 361 valence electrons. The molecule has 10 heteroatoms. The smallest absolute Gasteiger partial charge is 0.260 e. The molecule has 3 aromatic heterocycles. The zero-order valence-corrected chi connectivity index (χ0v) is 45.1. The minimum absolute atomic E-state index is 0. The van der Waals surface area contributed by atoms with Gasteiger partial charge in [-0.1, -0.05) is 137 Å². The first kappa shape index (κ1) is 47.9. The van der Waals surface area contributed by atoms with Gasteiger partial charge in [0.25, 0.3) is 6.71 Å². The quantitative estimate of drug-likeness (QED) is 0.118. The number of furan rings is 1. The van der Waals surface area contributed by atoms with E-state index in [2.05, 4.69) is 172 Å². The van der Waals surface area contributed by atoms with E-state index in [0.717, 1.165) is 95.0 Å². The fourth-order valence-corrected chi connectivity index (χ4v) is 11.4. The molecule has 8 aromatic carbocycles. The van der Waals surface area contributed by atoms with Crippen LogP contribution in [0.1, 0.15) is 50.7 Å². The monoisotopic (exact) mass is 1150 g/mol. The van der Waals surface area contributed by atoms with Crippen LogP contribution >= 0.6 is 0 Å². The number of aromatic nitrogens is 3. The predicted molar refractivity (Wildman–Crippen MR) is 295 cm³/mol. The number of para-hydroxylation sites is 3. The summed E-state index contributed by atoms with van der Waals surface area (Å²) >= 11 is 0. The second-order valence-electron chi connectivity index (χ2n) is 20.5. The molecule has 2 aliphatic rings. The van der Waals surface area contributed by atoms with Crippen LogP contribution in [0.2, 0.25) is 19.6 Å². The number of halogens is 1. The second kappa shape index (κ2) is 18.9. The maximum atomic E-state index is 12.8. The van der Waals surface area contributed by atoms with Gasteiger partial charge in [0, 0.05) is 48.7 Å². The maximum absolute atomic E-state index is 12.8. The molecule has 0 aliphatic carbocycles. The molecule has 1 radical (unpaired) electrons. The third-order valence-electron chi connectivity index (χ3n) is 14.1. The van der Waals surface area contributed by atoms with Crippen molar-refractivity contribution in [2.45, 2.75) is 59.2 Å². The zero-order valence-electron chi connectivity index (χ0n) is 41.7. The third-order valence-corrected chi connectivity index (χ3v) is 16.1. The van der Waals surface area contributed by atoms with Crippen LogP contribution < -0.4 is 31.0 Å². The Morgan fingerprint density at radius 2 is 1.34 bits per heavy atom. The number of benzene rings is 8. The van der Waals surface area contributed by atoms with Crippen LogP contribution in [0.15, 0.2) is 174 Å². The Bertz CT molecular complexity index is 3850. The molecular weight excluding hydrogens is 1100 g/mol. The van der Waals surface area contributed by atoms with Gasteiger partial charge >= 0.3 is 0 Å². The van der Waals surface area contributed by atoms with Gasteiger partial charge in [0.05, 0.1) is 30.5 Å². The summed E-state index contributed by atoms with van der Waals surface area (Å²) in [6, 6.07) is 61.6. The van der Waals surface area contributed by atoms with E-state index in [0.29, 0.717) is 0 Å². The van der Waals surface area contributed by atoms with Gasteiger partial charge in [-0.25, -0.2) is 0 Å². The number of nitrogens with zero attached hydrogens (tertiary/aromatic N) is 3. The molecule has 73 heavy (non-hydrogen) atoms. The Morgan fingerprint density at radius 3 is 2.04 bits per heavy atom. The molecule has 11 aromatic rings. The van der Waals surface area contributed by atoms with Crippen LogP contribution in [0.3, 0.4) is 0 Å².